The highest BCUT2D eigenvalue weighted by Crippen LogP contribution is 2.23. The first-order chi connectivity index (χ1) is 11.0. The fourth-order valence-corrected chi connectivity index (χ4v) is 2.33. The van der Waals surface area contributed by atoms with E-state index in [-0.39, 0.29) is 24.5 Å². The molecule has 2 rings (SSSR count). The van der Waals surface area contributed by atoms with Gasteiger partial charge in [-0.15, -0.1) is 0 Å². The Hall–Kier alpha value is -2.41. The van der Waals surface area contributed by atoms with Crippen molar-refractivity contribution in [3.8, 4) is 0 Å². The molecule has 23 heavy (non-hydrogen) atoms. The van der Waals surface area contributed by atoms with Crippen LogP contribution in [0.1, 0.15) is 29.3 Å². The molecule has 0 bridgehead atoms. The minimum Gasteiger partial charge on any atom is -0.452 e. The molecule has 2 amide bonds. The topological polar surface area (TPSA) is 93.7 Å². The normalized spacial score (nSPS) is 14.4. The summed E-state index contributed by atoms with van der Waals surface area (Å²) in [7, 11) is 1.54. The maximum Gasteiger partial charge on any atom is 0.338 e. The van der Waals surface area contributed by atoms with Crippen LogP contribution in [0.4, 0.5) is 5.69 Å². The van der Waals surface area contributed by atoms with Crippen molar-refractivity contribution >= 4 is 23.5 Å². The molecule has 0 saturated heterocycles. The van der Waals surface area contributed by atoms with E-state index in [1.54, 1.807) is 32.2 Å². The van der Waals surface area contributed by atoms with Gasteiger partial charge in [-0.1, -0.05) is 0 Å². The molecule has 1 aromatic carbocycles. The number of nitrogens with one attached hydrogen (secondary N) is 2. The van der Waals surface area contributed by atoms with Gasteiger partial charge >= 0.3 is 5.97 Å². The second-order valence-corrected chi connectivity index (χ2v) is 5.42. The molecule has 1 unspecified atom stereocenters. The van der Waals surface area contributed by atoms with Crippen LogP contribution in [0.2, 0.25) is 0 Å². The van der Waals surface area contributed by atoms with Gasteiger partial charge < -0.3 is 20.1 Å². The molecule has 0 saturated carbocycles. The third kappa shape index (κ3) is 4.79. The number of carbonyl (C=O) groups is 3. The van der Waals surface area contributed by atoms with Crippen LogP contribution in [0.5, 0.6) is 0 Å². The summed E-state index contributed by atoms with van der Waals surface area (Å²) < 4.78 is 9.91. The number of carbonyl (C=O) groups excluding carboxylic acids is 3. The number of benzene rings is 1. The average Bonchev–Trinajstić information content (AvgIpc) is 2.52. The Kier molecular flexibility index (Phi) is 5.70. The van der Waals surface area contributed by atoms with Gasteiger partial charge in [0.15, 0.2) is 6.61 Å². The van der Waals surface area contributed by atoms with E-state index < -0.39 is 5.97 Å². The van der Waals surface area contributed by atoms with Crippen LogP contribution < -0.4 is 10.6 Å². The van der Waals surface area contributed by atoms with Crippen LogP contribution in [-0.2, 0) is 25.5 Å². The van der Waals surface area contributed by atoms with E-state index in [4.69, 9.17) is 9.47 Å². The molecule has 1 aliphatic rings. The largest absolute Gasteiger partial charge is 0.452 e. The molecule has 7 nitrogen and oxygen atoms in total. The molecule has 1 heterocycles. The van der Waals surface area contributed by atoms with Crippen molar-refractivity contribution in [2.24, 2.45) is 0 Å². The Bertz CT molecular complexity index is 614. The number of anilines is 1. The van der Waals surface area contributed by atoms with Crippen molar-refractivity contribution in [1.82, 2.24) is 5.32 Å². The Morgan fingerprint density at radius 1 is 1.35 bits per heavy atom. The standard InChI is InChI=1S/C16H20N2O5/c1-10(8-22-2)17-15(20)9-23-16(21)12-3-5-13-11(7-12)4-6-14(19)18-13/h3,5,7,10H,4,6,8-9H2,1-2H3,(H,17,20)(H,18,19). The van der Waals surface area contributed by atoms with Crippen LogP contribution in [-0.4, -0.2) is 44.1 Å². The summed E-state index contributed by atoms with van der Waals surface area (Å²) in [6.45, 7) is 1.83. The van der Waals surface area contributed by atoms with Crippen molar-refractivity contribution in [2.45, 2.75) is 25.8 Å². The number of aryl methyl sites for hydroxylation is 1. The molecule has 0 fully saturated rings. The van der Waals surface area contributed by atoms with Gasteiger partial charge in [0.05, 0.1) is 12.2 Å². The number of esters is 1. The van der Waals surface area contributed by atoms with Gasteiger partial charge in [-0.05, 0) is 37.1 Å². The molecule has 0 aliphatic carbocycles. The smallest absolute Gasteiger partial charge is 0.338 e. The minimum atomic E-state index is -0.570. The summed E-state index contributed by atoms with van der Waals surface area (Å²) in [6.07, 6.45) is 0.975. The van der Waals surface area contributed by atoms with E-state index in [1.807, 2.05) is 0 Å². The van der Waals surface area contributed by atoms with Crippen molar-refractivity contribution < 1.29 is 23.9 Å². The molecular weight excluding hydrogens is 300 g/mol. The highest BCUT2D eigenvalue weighted by molar-refractivity contribution is 5.96. The van der Waals surface area contributed by atoms with Gasteiger partial charge in [-0.2, -0.15) is 0 Å². The second-order valence-electron chi connectivity index (χ2n) is 5.42. The average molecular weight is 320 g/mol. The zero-order valence-corrected chi connectivity index (χ0v) is 13.2. The summed E-state index contributed by atoms with van der Waals surface area (Å²) >= 11 is 0. The van der Waals surface area contributed by atoms with Gasteiger partial charge in [0.2, 0.25) is 5.91 Å². The number of amides is 2. The third-order valence-corrected chi connectivity index (χ3v) is 3.39. The van der Waals surface area contributed by atoms with Gasteiger partial charge in [-0.3, -0.25) is 9.59 Å². The van der Waals surface area contributed by atoms with Crippen molar-refractivity contribution in [3.05, 3.63) is 29.3 Å². The SMILES string of the molecule is COCC(C)NC(=O)COC(=O)c1ccc2c(c1)CCC(=O)N2. The predicted octanol–water partition coefficient (Wildman–Crippen LogP) is 0.879. The highest BCUT2D eigenvalue weighted by Gasteiger charge is 2.18. The Balaban J connectivity index is 1.89. The van der Waals surface area contributed by atoms with Gasteiger partial charge in [0, 0.05) is 25.3 Å². The van der Waals surface area contributed by atoms with E-state index in [1.165, 1.54) is 0 Å². The first-order valence-electron chi connectivity index (χ1n) is 7.38. The van der Waals surface area contributed by atoms with E-state index in [9.17, 15) is 14.4 Å². The molecule has 1 aromatic rings. The van der Waals surface area contributed by atoms with Gasteiger partial charge in [0.1, 0.15) is 0 Å². The predicted molar refractivity (Wildman–Crippen MR) is 83.2 cm³/mol. The molecule has 124 valence electrons. The summed E-state index contributed by atoms with van der Waals surface area (Å²) in [6, 6.07) is 4.77. The Morgan fingerprint density at radius 3 is 2.87 bits per heavy atom. The van der Waals surface area contributed by atoms with Gasteiger partial charge in [-0.25, -0.2) is 4.79 Å². The van der Waals surface area contributed by atoms with Gasteiger partial charge in [0.25, 0.3) is 5.91 Å². The molecule has 0 radical (unpaired) electrons. The first kappa shape index (κ1) is 17.0. The quantitative estimate of drug-likeness (QED) is 0.759. The number of fused-ring (bicyclic) bond motifs is 1. The maximum absolute atomic E-state index is 12.0. The van der Waals surface area contributed by atoms with Crippen LogP contribution in [0, 0.1) is 0 Å². The maximum atomic E-state index is 12.0. The van der Waals surface area contributed by atoms with E-state index >= 15 is 0 Å². The molecule has 2 N–H and O–H groups in total. The zero-order chi connectivity index (χ0) is 16.8. The Morgan fingerprint density at radius 2 is 2.13 bits per heavy atom. The lowest BCUT2D eigenvalue weighted by molar-refractivity contribution is -0.125. The van der Waals surface area contributed by atoms with Crippen LogP contribution >= 0.6 is 0 Å². The molecule has 1 aliphatic heterocycles. The Labute approximate surface area is 134 Å². The first-order valence-corrected chi connectivity index (χ1v) is 7.38. The number of methoxy groups -OCH3 is 1. The van der Waals surface area contributed by atoms with Crippen LogP contribution in [0.25, 0.3) is 0 Å². The molecule has 1 atom stereocenters. The lowest BCUT2D eigenvalue weighted by atomic mass is 10.0. The van der Waals surface area contributed by atoms with E-state index in [2.05, 4.69) is 10.6 Å². The number of rotatable bonds is 6. The third-order valence-electron chi connectivity index (χ3n) is 3.39. The number of hydrogen-bond donors (Lipinski definition) is 2. The van der Waals surface area contributed by atoms with Crippen molar-refractivity contribution in [3.63, 3.8) is 0 Å². The summed E-state index contributed by atoms with van der Waals surface area (Å²) in [5, 5.41) is 5.40. The highest BCUT2D eigenvalue weighted by atomic mass is 16.5. The fourth-order valence-electron chi connectivity index (χ4n) is 2.33. The van der Waals surface area contributed by atoms with Crippen molar-refractivity contribution in [2.75, 3.05) is 25.6 Å². The van der Waals surface area contributed by atoms with Crippen LogP contribution in [0.15, 0.2) is 18.2 Å². The summed E-state index contributed by atoms with van der Waals surface area (Å²) in [5.41, 5.74) is 1.96. The van der Waals surface area contributed by atoms with E-state index in [0.717, 1.165) is 5.56 Å². The monoisotopic (exact) mass is 320 g/mol. The zero-order valence-electron chi connectivity index (χ0n) is 13.2. The minimum absolute atomic E-state index is 0.0327. The van der Waals surface area contributed by atoms with Crippen molar-refractivity contribution in [1.29, 1.82) is 0 Å². The molecule has 7 heteroatoms. The summed E-state index contributed by atoms with van der Waals surface area (Å²) in [5.74, 6) is -0.984. The summed E-state index contributed by atoms with van der Waals surface area (Å²) in [4.78, 5) is 34.9. The molecule has 0 aromatic heterocycles. The lowest BCUT2D eigenvalue weighted by Crippen LogP contribution is -2.38. The number of hydrogen-bond acceptors (Lipinski definition) is 5. The van der Waals surface area contributed by atoms with E-state index in [0.29, 0.717) is 30.7 Å². The number of ether oxygens (including phenoxy) is 2. The second kappa shape index (κ2) is 7.73. The lowest BCUT2D eigenvalue weighted by Gasteiger charge is -2.17. The molecular formula is C16H20N2O5. The molecule has 0 spiro atoms. The van der Waals surface area contributed by atoms with Crippen LogP contribution in [0.3, 0.4) is 0 Å². The fraction of sp³-hybridized carbons (Fsp3) is 0.438.